The van der Waals surface area contributed by atoms with Crippen LogP contribution in [-0.4, -0.2) is 5.78 Å². The topological polar surface area (TPSA) is 17.1 Å². The molecule has 0 fully saturated rings. The SMILES string of the molecule is C=C(C)CCCC(=O)CC. The molecular formula is C9H16O. The molecule has 0 atom stereocenters. The summed E-state index contributed by atoms with van der Waals surface area (Å²) in [5.41, 5.74) is 1.17. The Bertz CT molecular complexity index is 125. The minimum Gasteiger partial charge on any atom is -0.300 e. The number of carbonyl (C=O) groups is 1. The molecule has 1 nitrogen and oxygen atoms in total. The van der Waals surface area contributed by atoms with Gasteiger partial charge in [0.2, 0.25) is 0 Å². The van der Waals surface area contributed by atoms with Crippen molar-refractivity contribution in [3.8, 4) is 0 Å². The maximum absolute atomic E-state index is 10.8. The molecule has 58 valence electrons. The summed E-state index contributed by atoms with van der Waals surface area (Å²) in [6.07, 6.45) is 3.37. The van der Waals surface area contributed by atoms with E-state index in [-0.39, 0.29) is 0 Å². The number of rotatable bonds is 5. The van der Waals surface area contributed by atoms with E-state index in [9.17, 15) is 4.79 Å². The number of Topliss-reactive ketones (excluding diaryl/α,β-unsaturated/α-hetero) is 1. The fourth-order valence-corrected chi connectivity index (χ4v) is 0.764. The molecule has 0 aromatic heterocycles. The second kappa shape index (κ2) is 5.21. The third-order valence-electron chi connectivity index (χ3n) is 1.45. The third-order valence-corrected chi connectivity index (χ3v) is 1.45. The predicted molar refractivity (Wildman–Crippen MR) is 44.0 cm³/mol. The molecule has 10 heavy (non-hydrogen) atoms. The van der Waals surface area contributed by atoms with Crippen LogP contribution in [0.15, 0.2) is 12.2 Å². The van der Waals surface area contributed by atoms with E-state index in [1.165, 1.54) is 5.57 Å². The molecular weight excluding hydrogens is 124 g/mol. The summed E-state index contributed by atoms with van der Waals surface area (Å²) >= 11 is 0. The van der Waals surface area contributed by atoms with E-state index >= 15 is 0 Å². The molecule has 0 aromatic rings. The van der Waals surface area contributed by atoms with Crippen molar-refractivity contribution >= 4 is 5.78 Å². The van der Waals surface area contributed by atoms with Gasteiger partial charge in [-0.1, -0.05) is 12.5 Å². The van der Waals surface area contributed by atoms with Gasteiger partial charge in [-0.25, -0.2) is 0 Å². The summed E-state index contributed by atoms with van der Waals surface area (Å²) in [4.78, 5) is 10.8. The zero-order valence-electron chi connectivity index (χ0n) is 6.94. The summed E-state index contributed by atoms with van der Waals surface area (Å²) in [6.45, 7) is 7.67. The van der Waals surface area contributed by atoms with Gasteiger partial charge in [0.1, 0.15) is 5.78 Å². The first-order chi connectivity index (χ1) is 4.66. The van der Waals surface area contributed by atoms with Gasteiger partial charge in [-0.2, -0.15) is 0 Å². The molecule has 0 rings (SSSR count). The van der Waals surface area contributed by atoms with Gasteiger partial charge in [-0.3, -0.25) is 4.79 Å². The van der Waals surface area contributed by atoms with Crippen LogP contribution >= 0.6 is 0 Å². The average Bonchev–Trinajstić information content (AvgIpc) is 1.87. The van der Waals surface area contributed by atoms with E-state index in [1.807, 2.05) is 13.8 Å². The minimum atomic E-state index is 0.362. The van der Waals surface area contributed by atoms with E-state index in [0.717, 1.165) is 19.3 Å². The lowest BCUT2D eigenvalue weighted by atomic mass is 10.1. The molecule has 0 N–H and O–H groups in total. The number of hydrogen-bond acceptors (Lipinski definition) is 1. The van der Waals surface area contributed by atoms with Gasteiger partial charge in [0.05, 0.1) is 0 Å². The molecule has 0 bridgehead atoms. The Morgan fingerprint density at radius 2 is 2.00 bits per heavy atom. The largest absolute Gasteiger partial charge is 0.300 e. The van der Waals surface area contributed by atoms with Gasteiger partial charge in [-0.05, 0) is 19.8 Å². The van der Waals surface area contributed by atoms with Crippen LogP contribution in [0.4, 0.5) is 0 Å². The average molecular weight is 140 g/mol. The minimum absolute atomic E-state index is 0.362. The molecule has 1 heteroatoms. The summed E-state index contributed by atoms with van der Waals surface area (Å²) in [5, 5.41) is 0. The molecule has 0 radical (unpaired) electrons. The van der Waals surface area contributed by atoms with Crippen LogP contribution in [0.5, 0.6) is 0 Å². The Morgan fingerprint density at radius 3 is 2.40 bits per heavy atom. The molecule has 0 amide bonds. The number of carbonyl (C=O) groups excluding carboxylic acids is 1. The normalized spacial score (nSPS) is 9.40. The van der Waals surface area contributed by atoms with E-state index in [4.69, 9.17) is 0 Å². The number of ketones is 1. The molecule has 0 aromatic carbocycles. The summed E-state index contributed by atoms with van der Waals surface area (Å²) < 4.78 is 0. The Hall–Kier alpha value is -0.590. The van der Waals surface area contributed by atoms with Gasteiger partial charge in [-0.15, -0.1) is 6.58 Å². The second-order valence-electron chi connectivity index (χ2n) is 2.70. The van der Waals surface area contributed by atoms with Crippen LogP contribution < -0.4 is 0 Å². The first kappa shape index (κ1) is 9.41. The lowest BCUT2D eigenvalue weighted by Gasteiger charge is -1.96. The standard InChI is InChI=1S/C9H16O/c1-4-9(10)7-5-6-8(2)3/h2,4-7H2,1,3H3. The van der Waals surface area contributed by atoms with Gasteiger partial charge >= 0.3 is 0 Å². The third kappa shape index (κ3) is 5.54. The molecule has 0 aliphatic carbocycles. The van der Waals surface area contributed by atoms with E-state index in [0.29, 0.717) is 12.2 Å². The van der Waals surface area contributed by atoms with Crippen LogP contribution in [-0.2, 0) is 4.79 Å². The number of hydrogen-bond donors (Lipinski definition) is 0. The summed E-state index contributed by atoms with van der Waals surface area (Å²) in [5.74, 6) is 0.362. The van der Waals surface area contributed by atoms with Crippen LogP contribution in [0.25, 0.3) is 0 Å². The van der Waals surface area contributed by atoms with Crippen molar-refractivity contribution in [2.45, 2.75) is 39.5 Å². The highest BCUT2D eigenvalue weighted by atomic mass is 16.1. The van der Waals surface area contributed by atoms with E-state index in [2.05, 4.69) is 6.58 Å². The smallest absolute Gasteiger partial charge is 0.132 e. The van der Waals surface area contributed by atoms with Crippen LogP contribution in [0, 0.1) is 0 Å². The van der Waals surface area contributed by atoms with Crippen LogP contribution in [0.2, 0.25) is 0 Å². The zero-order chi connectivity index (χ0) is 7.98. The van der Waals surface area contributed by atoms with Gasteiger partial charge in [0, 0.05) is 12.8 Å². The van der Waals surface area contributed by atoms with Crippen molar-refractivity contribution in [2.75, 3.05) is 0 Å². The highest BCUT2D eigenvalue weighted by Gasteiger charge is 1.96. The van der Waals surface area contributed by atoms with E-state index < -0.39 is 0 Å². The van der Waals surface area contributed by atoms with Gasteiger partial charge in [0.25, 0.3) is 0 Å². The first-order valence-electron chi connectivity index (χ1n) is 3.83. The zero-order valence-corrected chi connectivity index (χ0v) is 6.94. The highest BCUT2D eigenvalue weighted by Crippen LogP contribution is 2.04. The van der Waals surface area contributed by atoms with Crippen molar-refractivity contribution in [2.24, 2.45) is 0 Å². The molecule has 0 saturated heterocycles. The molecule has 0 aliphatic heterocycles. The van der Waals surface area contributed by atoms with Crippen molar-refractivity contribution in [3.05, 3.63) is 12.2 Å². The second-order valence-corrected chi connectivity index (χ2v) is 2.70. The van der Waals surface area contributed by atoms with Crippen molar-refractivity contribution in [1.82, 2.24) is 0 Å². The maximum atomic E-state index is 10.8. The van der Waals surface area contributed by atoms with Gasteiger partial charge in [0.15, 0.2) is 0 Å². The Morgan fingerprint density at radius 1 is 1.40 bits per heavy atom. The molecule has 0 unspecified atom stereocenters. The quantitative estimate of drug-likeness (QED) is 0.536. The maximum Gasteiger partial charge on any atom is 0.132 e. The fraction of sp³-hybridized carbons (Fsp3) is 0.667. The van der Waals surface area contributed by atoms with Crippen LogP contribution in [0.3, 0.4) is 0 Å². The van der Waals surface area contributed by atoms with Crippen molar-refractivity contribution in [3.63, 3.8) is 0 Å². The van der Waals surface area contributed by atoms with E-state index in [1.54, 1.807) is 0 Å². The molecule has 0 saturated carbocycles. The molecule has 0 spiro atoms. The lowest BCUT2D eigenvalue weighted by molar-refractivity contribution is -0.118. The summed E-state index contributed by atoms with van der Waals surface area (Å²) in [6, 6.07) is 0. The number of allylic oxidation sites excluding steroid dienone is 1. The molecule has 0 aliphatic rings. The fourth-order valence-electron chi connectivity index (χ4n) is 0.764. The Kier molecular flexibility index (Phi) is 4.91. The van der Waals surface area contributed by atoms with Crippen molar-refractivity contribution < 1.29 is 4.79 Å². The monoisotopic (exact) mass is 140 g/mol. The van der Waals surface area contributed by atoms with Crippen molar-refractivity contribution in [1.29, 1.82) is 0 Å². The summed E-state index contributed by atoms with van der Waals surface area (Å²) in [7, 11) is 0. The van der Waals surface area contributed by atoms with Gasteiger partial charge < -0.3 is 0 Å². The predicted octanol–water partition coefficient (Wildman–Crippen LogP) is 2.71. The Labute approximate surface area is 63.1 Å². The highest BCUT2D eigenvalue weighted by molar-refractivity contribution is 5.77. The van der Waals surface area contributed by atoms with Crippen LogP contribution in [0.1, 0.15) is 39.5 Å². The Balaban J connectivity index is 3.20. The first-order valence-corrected chi connectivity index (χ1v) is 3.83. The lowest BCUT2D eigenvalue weighted by Crippen LogP contribution is -1.93. The molecule has 0 heterocycles.